The Morgan fingerprint density at radius 1 is 1.37 bits per heavy atom. The quantitative estimate of drug-likeness (QED) is 0.663. The van der Waals surface area contributed by atoms with Crippen molar-refractivity contribution < 1.29 is 17.9 Å². The first-order valence-electron chi connectivity index (χ1n) is 5.85. The Bertz CT molecular complexity index is 422. The lowest BCUT2D eigenvalue weighted by Gasteiger charge is -2.31. The lowest BCUT2D eigenvalue weighted by atomic mass is 9.96. The molecule has 1 aliphatic heterocycles. The van der Waals surface area contributed by atoms with Crippen LogP contribution in [-0.4, -0.2) is 24.2 Å². The predicted octanol–water partition coefficient (Wildman–Crippen LogP) is 2.34. The number of rotatable bonds is 3. The van der Waals surface area contributed by atoms with Gasteiger partial charge in [-0.25, -0.2) is 0 Å². The number of alkyl halides is 3. The highest BCUT2D eigenvalue weighted by atomic mass is 32.2. The van der Waals surface area contributed by atoms with Crippen LogP contribution in [0, 0.1) is 0 Å². The fraction of sp³-hybridized carbons (Fsp3) is 0.500. The van der Waals surface area contributed by atoms with Crippen molar-refractivity contribution in [2.75, 3.05) is 18.1 Å². The van der Waals surface area contributed by atoms with E-state index in [-0.39, 0.29) is 11.7 Å². The first-order valence-corrected chi connectivity index (χ1v) is 7.01. The molecule has 7 heteroatoms. The Balaban J connectivity index is 2.32. The number of hydrogen-bond donors (Lipinski definition) is 2. The molecule has 1 saturated heterocycles. The molecule has 1 aromatic rings. The topological polar surface area (TPSA) is 47.3 Å². The minimum atomic E-state index is -4.40. The van der Waals surface area contributed by atoms with Gasteiger partial charge in [-0.3, -0.25) is 11.3 Å². The molecule has 1 aromatic carbocycles. The molecule has 2 atom stereocenters. The third-order valence-corrected chi connectivity index (χ3v) is 4.01. The summed E-state index contributed by atoms with van der Waals surface area (Å²) < 4.78 is 44.5. The van der Waals surface area contributed by atoms with Gasteiger partial charge in [-0.1, -0.05) is 18.2 Å². The van der Waals surface area contributed by atoms with E-state index < -0.39 is 17.8 Å². The average molecular weight is 292 g/mol. The van der Waals surface area contributed by atoms with Gasteiger partial charge in [0.2, 0.25) is 0 Å². The van der Waals surface area contributed by atoms with Crippen molar-refractivity contribution in [3.05, 3.63) is 35.4 Å². The van der Waals surface area contributed by atoms with E-state index in [1.165, 1.54) is 12.1 Å². The van der Waals surface area contributed by atoms with Gasteiger partial charge >= 0.3 is 6.18 Å². The van der Waals surface area contributed by atoms with Gasteiger partial charge in [0, 0.05) is 11.5 Å². The van der Waals surface area contributed by atoms with E-state index in [0.717, 1.165) is 11.8 Å². The highest BCUT2D eigenvalue weighted by molar-refractivity contribution is 7.99. The third kappa shape index (κ3) is 3.42. The second-order valence-electron chi connectivity index (χ2n) is 4.21. The van der Waals surface area contributed by atoms with Gasteiger partial charge in [-0.2, -0.15) is 24.9 Å². The van der Waals surface area contributed by atoms with Crippen molar-refractivity contribution in [3.63, 3.8) is 0 Å². The normalized spacial score (nSPS) is 22.2. The summed E-state index contributed by atoms with van der Waals surface area (Å²) in [5.41, 5.74) is 1.92. The Hall–Kier alpha value is -0.760. The van der Waals surface area contributed by atoms with Crippen molar-refractivity contribution in [1.29, 1.82) is 0 Å². The molecule has 0 radical (unpaired) electrons. The molecule has 19 heavy (non-hydrogen) atoms. The van der Waals surface area contributed by atoms with E-state index in [4.69, 9.17) is 10.6 Å². The van der Waals surface area contributed by atoms with Crippen LogP contribution in [0.15, 0.2) is 24.3 Å². The van der Waals surface area contributed by atoms with E-state index in [1.54, 1.807) is 17.8 Å². The minimum absolute atomic E-state index is 0.130. The summed E-state index contributed by atoms with van der Waals surface area (Å²) in [5, 5.41) is 0. The minimum Gasteiger partial charge on any atom is -0.374 e. The van der Waals surface area contributed by atoms with Gasteiger partial charge in [-0.05, 0) is 11.6 Å². The van der Waals surface area contributed by atoms with Crippen LogP contribution in [0.3, 0.4) is 0 Å². The molecule has 1 heterocycles. The van der Waals surface area contributed by atoms with E-state index in [2.05, 4.69) is 5.43 Å². The van der Waals surface area contributed by atoms with Gasteiger partial charge in [-0.15, -0.1) is 0 Å². The summed E-state index contributed by atoms with van der Waals surface area (Å²) >= 11 is 1.65. The standard InChI is InChI=1S/C12H15F3N2OS/c13-12(14,15)9-4-2-1-3-8(9)11(17-16)10-7-19-6-5-18-10/h1-4,10-11,17H,5-7,16H2. The Morgan fingerprint density at radius 3 is 2.68 bits per heavy atom. The number of ether oxygens (including phenoxy) is 1. The summed E-state index contributed by atoms with van der Waals surface area (Å²) in [6, 6.07) is 4.79. The lowest BCUT2D eigenvalue weighted by Crippen LogP contribution is -2.42. The Labute approximate surface area is 113 Å². The molecule has 2 unspecified atom stereocenters. The van der Waals surface area contributed by atoms with Gasteiger partial charge in [0.1, 0.15) is 0 Å². The molecular formula is C12H15F3N2OS. The van der Waals surface area contributed by atoms with E-state index in [9.17, 15) is 13.2 Å². The van der Waals surface area contributed by atoms with Crippen molar-refractivity contribution >= 4 is 11.8 Å². The van der Waals surface area contributed by atoms with E-state index in [1.807, 2.05) is 0 Å². The van der Waals surface area contributed by atoms with Crippen LogP contribution in [0.1, 0.15) is 17.2 Å². The monoisotopic (exact) mass is 292 g/mol. The summed E-state index contributed by atoms with van der Waals surface area (Å²) in [4.78, 5) is 0. The number of hydrazine groups is 1. The van der Waals surface area contributed by atoms with Crippen LogP contribution < -0.4 is 11.3 Å². The Kier molecular flexibility index (Phi) is 4.72. The fourth-order valence-corrected chi connectivity index (χ4v) is 3.02. The SMILES string of the molecule is NNC(c1ccccc1C(F)(F)F)C1CSCCO1. The van der Waals surface area contributed by atoms with Gasteiger partial charge in [0.05, 0.1) is 24.3 Å². The first-order chi connectivity index (χ1) is 9.04. The molecule has 0 amide bonds. The van der Waals surface area contributed by atoms with Gasteiger partial charge in [0.15, 0.2) is 0 Å². The molecule has 0 saturated carbocycles. The summed E-state index contributed by atoms with van der Waals surface area (Å²) in [6.45, 7) is 0.529. The molecule has 0 aromatic heterocycles. The van der Waals surface area contributed by atoms with Crippen LogP contribution in [0.2, 0.25) is 0 Å². The number of nitrogens with one attached hydrogen (secondary N) is 1. The second-order valence-corrected chi connectivity index (χ2v) is 5.36. The second kappa shape index (κ2) is 6.13. The van der Waals surface area contributed by atoms with E-state index in [0.29, 0.717) is 12.4 Å². The third-order valence-electron chi connectivity index (χ3n) is 2.99. The largest absolute Gasteiger partial charge is 0.416 e. The first kappa shape index (κ1) is 14.6. The molecule has 0 spiro atoms. The average Bonchev–Trinajstić information content (AvgIpc) is 2.40. The zero-order chi connectivity index (χ0) is 13.9. The molecular weight excluding hydrogens is 277 g/mol. The van der Waals surface area contributed by atoms with Crippen LogP contribution >= 0.6 is 11.8 Å². The van der Waals surface area contributed by atoms with Crippen LogP contribution in [-0.2, 0) is 10.9 Å². The molecule has 1 aliphatic rings. The highest BCUT2D eigenvalue weighted by Crippen LogP contribution is 2.36. The molecule has 106 valence electrons. The summed E-state index contributed by atoms with van der Waals surface area (Å²) in [6.07, 6.45) is -4.75. The number of hydrogen-bond acceptors (Lipinski definition) is 4. The highest BCUT2D eigenvalue weighted by Gasteiger charge is 2.37. The van der Waals surface area contributed by atoms with Crippen LogP contribution in [0.5, 0.6) is 0 Å². The molecule has 2 rings (SSSR count). The zero-order valence-corrected chi connectivity index (χ0v) is 10.9. The number of nitrogens with two attached hydrogens (primary N) is 1. The zero-order valence-electron chi connectivity index (χ0n) is 10.1. The summed E-state index contributed by atoms with van der Waals surface area (Å²) in [5.74, 6) is 6.92. The molecule has 0 aliphatic carbocycles. The lowest BCUT2D eigenvalue weighted by molar-refractivity contribution is -0.138. The number of benzene rings is 1. The van der Waals surface area contributed by atoms with Crippen molar-refractivity contribution in [2.45, 2.75) is 18.3 Å². The maximum absolute atomic E-state index is 13.0. The number of thioether (sulfide) groups is 1. The van der Waals surface area contributed by atoms with Gasteiger partial charge < -0.3 is 4.74 Å². The van der Waals surface area contributed by atoms with Crippen molar-refractivity contribution in [2.24, 2.45) is 5.84 Å². The van der Waals surface area contributed by atoms with Crippen LogP contribution in [0.25, 0.3) is 0 Å². The molecule has 3 N–H and O–H groups in total. The van der Waals surface area contributed by atoms with Gasteiger partial charge in [0.25, 0.3) is 0 Å². The van der Waals surface area contributed by atoms with E-state index >= 15 is 0 Å². The summed E-state index contributed by atoms with van der Waals surface area (Å²) in [7, 11) is 0. The Morgan fingerprint density at radius 2 is 2.11 bits per heavy atom. The number of halogens is 3. The predicted molar refractivity (Wildman–Crippen MR) is 68.6 cm³/mol. The van der Waals surface area contributed by atoms with Crippen molar-refractivity contribution in [3.8, 4) is 0 Å². The van der Waals surface area contributed by atoms with Crippen molar-refractivity contribution in [1.82, 2.24) is 5.43 Å². The molecule has 0 bridgehead atoms. The maximum Gasteiger partial charge on any atom is 0.416 e. The van der Waals surface area contributed by atoms with Crippen LogP contribution in [0.4, 0.5) is 13.2 Å². The molecule has 3 nitrogen and oxygen atoms in total. The fourth-order valence-electron chi connectivity index (χ4n) is 2.12. The maximum atomic E-state index is 13.0. The smallest absolute Gasteiger partial charge is 0.374 e. The molecule has 1 fully saturated rings.